The second kappa shape index (κ2) is 6.03. The predicted octanol–water partition coefficient (Wildman–Crippen LogP) is 3.78. The van der Waals surface area contributed by atoms with Crippen LogP contribution in [0.15, 0.2) is 33.9 Å². The van der Waals surface area contributed by atoms with Crippen LogP contribution in [0.4, 0.5) is 10.1 Å². The average Bonchev–Trinajstić information content (AvgIpc) is 2.76. The second-order valence-electron chi connectivity index (χ2n) is 4.83. The van der Waals surface area contributed by atoms with Gasteiger partial charge in [0.25, 0.3) is 10.0 Å². The maximum absolute atomic E-state index is 13.4. The molecule has 0 saturated carbocycles. The molecule has 0 aliphatic carbocycles. The van der Waals surface area contributed by atoms with E-state index in [1.54, 1.807) is 26.2 Å². The zero-order valence-corrected chi connectivity index (χ0v) is 13.5. The van der Waals surface area contributed by atoms with Gasteiger partial charge >= 0.3 is 0 Å². The molecule has 1 aromatic heterocycles. The summed E-state index contributed by atoms with van der Waals surface area (Å²) < 4.78 is 46.2. The van der Waals surface area contributed by atoms with Gasteiger partial charge in [0.1, 0.15) is 16.5 Å². The summed E-state index contributed by atoms with van der Waals surface area (Å²) in [4.78, 5) is -0.207. The van der Waals surface area contributed by atoms with Crippen molar-refractivity contribution in [3.63, 3.8) is 0 Å². The minimum absolute atomic E-state index is 0.131. The molecule has 0 spiro atoms. The summed E-state index contributed by atoms with van der Waals surface area (Å²) in [5, 5.41) is 3.52. The fourth-order valence-electron chi connectivity index (χ4n) is 1.71. The highest BCUT2D eigenvalue weighted by Crippen LogP contribution is 2.29. The fourth-order valence-corrected chi connectivity index (χ4v) is 3.83. The van der Waals surface area contributed by atoms with Gasteiger partial charge in [-0.05, 0) is 49.9 Å². The van der Waals surface area contributed by atoms with E-state index in [-0.39, 0.29) is 16.7 Å². The third kappa shape index (κ3) is 3.74. The second-order valence-corrected chi connectivity index (χ2v) is 7.23. The molecular weight excluding hydrogens is 313 g/mol. The molecule has 7 heteroatoms. The van der Waals surface area contributed by atoms with E-state index in [1.807, 2.05) is 5.38 Å². The van der Waals surface area contributed by atoms with Crippen molar-refractivity contribution < 1.29 is 17.5 Å². The van der Waals surface area contributed by atoms with Crippen molar-refractivity contribution >= 4 is 27.0 Å². The molecule has 2 aromatic rings. The molecule has 0 bridgehead atoms. The first-order chi connectivity index (χ1) is 9.79. The summed E-state index contributed by atoms with van der Waals surface area (Å²) in [6.45, 7) is 5.35. The van der Waals surface area contributed by atoms with Gasteiger partial charge in [0.2, 0.25) is 0 Å². The molecular formula is C14H16FNO3S2. The molecule has 1 N–H and O–H groups in total. The summed E-state index contributed by atoms with van der Waals surface area (Å²) in [6, 6.07) is 3.46. The third-order valence-corrected chi connectivity index (χ3v) is 4.91. The Morgan fingerprint density at radius 3 is 2.57 bits per heavy atom. The van der Waals surface area contributed by atoms with Gasteiger partial charge in [-0.25, -0.2) is 12.8 Å². The highest BCUT2D eigenvalue weighted by atomic mass is 32.2. The monoisotopic (exact) mass is 329 g/mol. The number of nitrogens with one attached hydrogen (secondary N) is 1. The Balaban J connectivity index is 2.43. The van der Waals surface area contributed by atoms with E-state index in [0.717, 1.165) is 11.6 Å². The molecule has 0 aliphatic heterocycles. The molecule has 21 heavy (non-hydrogen) atoms. The van der Waals surface area contributed by atoms with E-state index < -0.39 is 15.8 Å². The molecule has 0 unspecified atom stereocenters. The Hall–Kier alpha value is -1.60. The van der Waals surface area contributed by atoms with Gasteiger partial charge in [-0.3, -0.25) is 4.72 Å². The van der Waals surface area contributed by atoms with Crippen LogP contribution >= 0.6 is 11.3 Å². The molecule has 0 aliphatic rings. The van der Waals surface area contributed by atoms with Crippen LogP contribution in [0.3, 0.4) is 0 Å². The first-order valence-electron chi connectivity index (χ1n) is 6.31. The molecule has 0 saturated heterocycles. The van der Waals surface area contributed by atoms with E-state index >= 15 is 0 Å². The summed E-state index contributed by atoms with van der Waals surface area (Å²) in [7, 11) is -3.91. The summed E-state index contributed by atoms with van der Waals surface area (Å²) >= 11 is 1.39. The number of aryl methyl sites for hydroxylation is 1. The molecule has 1 aromatic carbocycles. The maximum Gasteiger partial charge on any atom is 0.265 e. The molecule has 4 nitrogen and oxygen atoms in total. The lowest BCUT2D eigenvalue weighted by atomic mass is 10.3. The number of ether oxygens (including phenoxy) is 1. The standard InChI is InChI=1S/C14H16FNO3S2/c1-9(2)19-13-5-4-11(15)6-14(13)21(17,18)16-12-8-20-7-10(12)3/h4-9,16H,1-3H3. The number of anilines is 1. The Kier molecular flexibility index (Phi) is 4.53. The van der Waals surface area contributed by atoms with Crippen LogP contribution in [0.2, 0.25) is 0 Å². The van der Waals surface area contributed by atoms with Gasteiger partial charge in [-0.1, -0.05) is 0 Å². The number of hydrogen-bond donors (Lipinski definition) is 1. The predicted molar refractivity (Wildman–Crippen MR) is 82.0 cm³/mol. The number of sulfonamides is 1. The molecule has 0 fully saturated rings. The third-order valence-electron chi connectivity index (χ3n) is 2.66. The maximum atomic E-state index is 13.4. The lowest BCUT2D eigenvalue weighted by Crippen LogP contribution is -2.16. The fraction of sp³-hybridized carbons (Fsp3) is 0.286. The first kappa shape index (κ1) is 15.8. The summed E-state index contributed by atoms with van der Waals surface area (Å²) in [6.07, 6.45) is -0.215. The zero-order valence-electron chi connectivity index (χ0n) is 11.9. The van der Waals surface area contributed by atoms with Gasteiger partial charge in [0.15, 0.2) is 0 Å². The average molecular weight is 329 g/mol. The number of hydrogen-bond acceptors (Lipinski definition) is 4. The van der Waals surface area contributed by atoms with Crippen LogP contribution in [-0.4, -0.2) is 14.5 Å². The van der Waals surface area contributed by atoms with Gasteiger partial charge < -0.3 is 4.74 Å². The zero-order chi connectivity index (χ0) is 15.6. The summed E-state index contributed by atoms with van der Waals surface area (Å²) in [5.74, 6) is -0.500. The lowest BCUT2D eigenvalue weighted by molar-refractivity contribution is 0.235. The highest BCUT2D eigenvalue weighted by Gasteiger charge is 2.22. The number of benzene rings is 1. The van der Waals surface area contributed by atoms with Crippen LogP contribution in [0.1, 0.15) is 19.4 Å². The molecule has 114 valence electrons. The molecule has 1 heterocycles. The van der Waals surface area contributed by atoms with Gasteiger partial charge in [0, 0.05) is 5.38 Å². The van der Waals surface area contributed by atoms with E-state index in [0.29, 0.717) is 5.69 Å². The smallest absolute Gasteiger partial charge is 0.265 e. The van der Waals surface area contributed by atoms with Crippen molar-refractivity contribution in [1.82, 2.24) is 0 Å². The van der Waals surface area contributed by atoms with E-state index in [2.05, 4.69) is 4.72 Å². The highest BCUT2D eigenvalue weighted by molar-refractivity contribution is 7.92. The van der Waals surface area contributed by atoms with Crippen LogP contribution in [0, 0.1) is 12.7 Å². The number of rotatable bonds is 5. The van der Waals surface area contributed by atoms with Gasteiger partial charge in [0.05, 0.1) is 11.8 Å². The van der Waals surface area contributed by atoms with Crippen LogP contribution < -0.4 is 9.46 Å². The lowest BCUT2D eigenvalue weighted by Gasteiger charge is -2.15. The Morgan fingerprint density at radius 1 is 1.29 bits per heavy atom. The Labute approximate surface area is 127 Å². The largest absolute Gasteiger partial charge is 0.490 e. The van der Waals surface area contributed by atoms with Crippen molar-refractivity contribution in [1.29, 1.82) is 0 Å². The Bertz CT molecular complexity index is 738. The summed E-state index contributed by atoms with van der Waals surface area (Å²) in [5.41, 5.74) is 1.30. The van der Waals surface area contributed by atoms with E-state index in [4.69, 9.17) is 4.74 Å². The van der Waals surface area contributed by atoms with Crippen molar-refractivity contribution in [2.24, 2.45) is 0 Å². The molecule has 0 radical (unpaired) electrons. The van der Waals surface area contributed by atoms with Gasteiger partial charge in [-0.15, -0.1) is 11.3 Å². The minimum Gasteiger partial charge on any atom is -0.490 e. The van der Waals surface area contributed by atoms with Crippen LogP contribution in [-0.2, 0) is 10.0 Å². The van der Waals surface area contributed by atoms with Crippen LogP contribution in [0.25, 0.3) is 0 Å². The number of halogens is 1. The number of thiophene rings is 1. The van der Waals surface area contributed by atoms with Crippen LogP contribution in [0.5, 0.6) is 5.75 Å². The van der Waals surface area contributed by atoms with E-state index in [1.165, 1.54) is 23.5 Å². The van der Waals surface area contributed by atoms with E-state index in [9.17, 15) is 12.8 Å². The van der Waals surface area contributed by atoms with Crippen molar-refractivity contribution in [2.45, 2.75) is 31.8 Å². The SMILES string of the molecule is Cc1cscc1NS(=O)(=O)c1cc(F)ccc1OC(C)C. The molecule has 2 rings (SSSR count). The molecule has 0 amide bonds. The minimum atomic E-state index is -3.91. The topological polar surface area (TPSA) is 55.4 Å². The van der Waals surface area contributed by atoms with Gasteiger partial charge in [-0.2, -0.15) is 0 Å². The van der Waals surface area contributed by atoms with Crippen molar-refractivity contribution in [2.75, 3.05) is 4.72 Å². The molecule has 0 atom stereocenters. The van der Waals surface area contributed by atoms with Crippen molar-refractivity contribution in [3.8, 4) is 5.75 Å². The first-order valence-corrected chi connectivity index (χ1v) is 8.74. The quantitative estimate of drug-likeness (QED) is 0.908. The normalized spacial score (nSPS) is 11.7. The Morgan fingerprint density at radius 2 is 2.00 bits per heavy atom. The van der Waals surface area contributed by atoms with Crippen molar-refractivity contribution in [3.05, 3.63) is 40.3 Å².